The average molecular weight is 487 g/mol. The highest BCUT2D eigenvalue weighted by Gasteiger charge is 2.22. The van der Waals surface area contributed by atoms with Crippen molar-refractivity contribution < 1.29 is 18.9 Å². The van der Waals surface area contributed by atoms with E-state index in [1.165, 1.54) is 54.2 Å². The summed E-state index contributed by atoms with van der Waals surface area (Å²) < 4.78 is 15.5. The fraction of sp³-hybridized carbons (Fsp3) is 0.273. The number of halogens is 1. The highest BCUT2D eigenvalue weighted by molar-refractivity contribution is 8.00. The van der Waals surface area contributed by atoms with E-state index < -0.39 is 21.9 Å². The number of nitro benzene ring substituents is 1. The zero-order valence-electron chi connectivity index (χ0n) is 18.5. The Balaban J connectivity index is 1.56. The topological polar surface area (TPSA) is 132 Å². The van der Waals surface area contributed by atoms with Gasteiger partial charge in [0.15, 0.2) is 5.16 Å². The van der Waals surface area contributed by atoms with Gasteiger partial charge >= 0.3 is 0 Å². The molecule has 0 fully saturated rings. The Bertz CT molecular complexity index is 1180. The summed E-state index contributed by atoms with van der Waals surface area (Å²) in [6.07, 6.45) is 0.889. The van der Waals surface area contributed by atoms with Gasteiger partial charge in [-0.05, 0) is 30.7 Å². The Morgan fingerprint density at radius 3 is 2.53 bits per heavy atom. The van der Waals surface area contributed by atoms with Gasteiger partial charge in [0.1, 0.15) is 11.6 Å². The number of rotatable bonds is 10. The van der Waals surface area contributed by atoms with Gasteiger partial charge in [0.2, 0.25) is 5.91 Å². The summed E-state index contributed by atoms with van der Waals surface area (Å²) in [7, 11) is 1.76. The Labute approximate surface area is 199 Å². The first-order valence-electron chi connectivity index (χ1n) is 10.4. The molecule has 2 N–H and O–H groups in total. The molecule has 3 aromatic rings. The number of non-ortho nitro benzene ring substituents is 1. The Kier molecular flexibility index (Phi) is 8.30. The van der Waals surface area contributed by atoms with Crippen LogP contribution in [0.5, 0.6) is 0 Å². The number of aromatic nitrogens is 3. The van der Waals surface area contributed by atoms with Gasteiger partial charge < -0.3 is 15.2 Å². The first-order valence-corrected chi connectivity index (χ1v) is 11.3. The van der Waals surface area contributed by atoms with Crippen LogP contribution in [0.2, 0.25) is 0 Å². The minimum atomic E-state index is -0.588. The highest BCUT2D eigenvalue weighted by Crippen LogP contribution is 2.25. The number of carbonyl (C=O) groups is 2. The fourth-order valence-corrected chi connectivity index (χ4v) is 3.97. The van der Waals surface area contributed by atoms with Crippen molar-refractivity contribution in [3.8, 4) is 0 Å². The summed E-state index contributed by atoms with van der Waals surface area (Å²) in [6.45, 7) is 2.10. The van der Waals surface area contributed by atoms with E-state index in [2.05, 4.69) is 20.8 Å². The number of carbonyl (C=O) groups excluding carboxylic acids is 2. The molecule has 12 heteroatoms. The third kappa shape index (κ3) is 6.16. The van der Waals surface area contributed by atoms with Crippen LogP contribution < -0.4 is 10.6 Å². The average Bonchev–Trinajstić information content (AvgIpc) is 3.16. The van der Waals surface area contributed by atoms with Crippen molar-refractivity contribution in [1.82, 2.24) is 20.1 Å². The molecule has 34 heavy (non-hydrogen) atoms. The van der Waals surface area contributed by atoms with E-state index in [-0.39, 0.29) is 23.7 Å². The number of benzene rings is 2. The molecule has 1 aromatic heterocycles. The van der Waals surface area contributed by atoms with Crippen LogP contribution in [0.15, 0.2) is 53.7 Å². The van der Waals surface area contributed by atoms with Gasteiger partial charge in [-0.25, -0.2) is 4.39 Å². The molecular weight excluding hydrogens is 463 g/mol. The summed E-state index contributed by atoms with van der Waals surface area (Å²) in [4.78, 5) is 35.1. The maximum absolute atomic E-state index is 13.7. The number of hydrogen-bond donors (Lipinski definition) is 2. The van der Waals surface area contributed by atoms with Crippen molar-refractivity contribution in [2.45, 2.75) is 30.2 Å². The quantitative estimate of drug-likeness (QED) is 0.255. The summed E-state index contributed by atoms with van der Waals surface area (Å²) in [5.41, 5.74) is 0.372. The predicted octanol–water partition coefficient (Wildman–Crippen LogP) is 3.34. The van der Waals surface area contributed by atoms with Crippen molar-refractivity contribution in [2.24, 2.45) is 7.05 Å². The van der Waals surface area contributed by atoms with Crippen LogP contribution in [0.25, 0.3) is 0 Å². The van der Waals surface area contributed by atoms with Crippen LogP contribution >= 0.6 is 11.8 Å². The molecule has 0 saturated heterocycles. The van der Waals surface area contributed by atoms with Gasteiger partial charge in [0.25, 0.3) is 11.6 Å². The monoisotopic (exact) mass is 486 g/mol. The third-order valence-electron chi connectivity index (χ3n) is 4.93. The summed E-state index contributed by atoms with van der Waals surface area (Å²) in [5.74, 6) is -0.760. The first kappa shape index (κ1) is 24.8. The van der Waals surface area contributed by atoms with Crippen LogP contribution in [0.4, 0.5) is 15.8 Å². The van der Waals surface area contributed by atoms with Crippen LogP contribution in [0.1, 0.15) is 29.5 Å². The molecule has 0 bridgehead atoms. The molecule has 3 rings (SSSR count). The number of amides is 2. The standard InChI is InChI=1S/C22H23FN6O4S/c1-3-18(21(31)25-14-8-10-15(11-9-14)29(32)33)34-22-27-26-19(28(22)2)12-13-24-20(30)16-6-4-5-7-17(16)23/h4-11,18H,3,12-13H2,1-2H3,(H,24,30)(H,25,31). The molecule has 10 nitrogen and oxygen atoms in total. The second kappa shape index (κ2) is 11.4. The lowest BCUT2D eigenvalue weighted by molar-refractivity contribution is -0.384. The second-order valence-electron chi connectivity index (χ2n) is 7.25. The number of thioether (sulfide) groups is 1. The second-order valence-corrected chi connectivity index (χ2v) is 8.42. The lowest BCUT2D eigenvalue weighted by atomic mass is 10.2. The smallest absolute Gasteiger partial charge is 0.269 e. The number of nitro groups is 1. The minimum Gasteiger partial charge on any atom is -0.351 e. The van der Waals surface area contributed by atoms with Gasteiger partial charge in [0.05, 0.1) is 15.7 Å². The fourth-order valence-electron chi connectivity index (χ4n) is 3.03. The molecule has 1 atom stereocenters. The molecule has 2 aromatic carbocycles. The molecular formula is C22H23FN6O4S. The lowest BCUT2D eigenvalue weighted by Gasteiger charge is -2.14. The third-order valence-corrected chi connectivity index (χ3v) is 6.33. The highest BCUT2D eigenvalue weighted by atomic mass is 32.2. The van der Waals surface area contributed by atoms with Gasteiger partial charge in [-0.1, -0.05) is 30.8 Å². The number of nitrogens with one attached hydrogen (secondary N) is 2. The maximum Gasteiger partial charge on any atom is 0.269 e. The van der Waals surface area contributed by atoms with Crippen molar-refractivity contribution in [3.05, 3.63) is 75.9 Å². The predicted molar refractivity (Wildman–Crippen MR) is 125 cm³/mol. The van der Waals surface area contributed by atoms with Gasteiger partial charge in [0, 0.05) is 37.8 Å². The zero-order chi connectivity index (χ0) is 24.7. The van der Waals surface area contributed by atoms with Crippen LogP contribution in [-0.4, -0.2) is 43.3 Å². The van der Waals surface area contributed by atoms with Crippen LogP contribution in [0.3, 0.4) is 0 Å². The van der Waals surface area contributed by atoms with Gasteiger partial charge in [-0.3, -0.25) is 19.7 Å². The van der Waals surface area contributed by atoms with Crippen molar-refractivity contribution in [1.29, 1.82) is 0 Å². The molecule has 1 heterocycles. The zero-order valence-corrected chi connectivity index (χ0v) is 19.3. The SMILES string of the molecule is CCC(Sc1nnc(CCNC(=O)c2ccccc2F)n1C)C(=O)Nc1ccc([N+](=O)[O-])cc1. The van der Waals surface area contributed by atoms with E-state index in [1.807, 2.05) is 6.92 Å². The van der Waals surface area contributed by atoms with Gasteiger partial charge in [-0.2, -0.15) is 0 Å². The van der Waals surface area contributed by atoms with E-state index in [0.717, 1.165) is 0 Å². The molecule has 2 amide bonds. The summed E-state index contributed by atoms with van der Waals surface area (Å²) in [5, 5.41) is 24.5. The Morgan fingerprint density at radius 2 is 1.88 bits per heavy atom. The maximum atomic E-state index is 13.7. The van der Waals surface area contributed by atoms with E-state index in [4.69, 9.17) is 0 Å². The molecule has 0 aliphatic carbocycles. The van der Waals surface area contributed by atoms with E-state index >= 15 is 0 Å². The van der Waals surface area contributed by atoms with Crippen LogP contribution in [-0.2, 0) is 18.3 Å². The number of nitrogens with zero attached hydrogens (tertiary/aromatic N) is 4. The molecule has 0 aliphatic heterocycles. The summed E-state index contributed by atoms with van der Waals surface area (Å²) in [6, 6.07) is 11.3. The van der Waals surface area contributed by atoms with Gasteiger partial charge in [-0.15, -0.1) is 10.2 Å². The summed E-state index contributed by atoms with van der Waals surface area (Å²) >= 11 is 1.24. The number of hydrogen-bond acceptors (Lipinski definition) is 7. The normalized spacial score (nSPS) is 11.6. The Hall–Kier alpha value is -3.80. The number of anilines is 1. The van der Waals surface area contributed by atoms with E-state index in [0.29, 0.717) is 29.5 Å². The largest absolute Gasteiger partial charge is 0.351 e. The molecule has 1 unspecified atom stereocenters. The Morgan fingerprint density at radius 1 is 1.18 bits per heavy atom. The molecule has 0 saturated carbocycles. The molecule has 178 valence electrons. The van der Waals surface area contributed by atoms with Crippen molar-refractivity contribution in [2.75, 3.05) is 11.9 Å². The van der Waals surface area contributed by atoms with Crippen molar-refractivity contribution >= 4 is 35.0 Å². The molecule has 0 spiro atoms. The molecule has 0 aliphatic rings. The lowest BCUT2D eigenvalue weighted by Crippen LogP contribution is -2.27. The van der Waals surface area contributed by atoms with Crippen molar-refractivity contribution in [3.63, 3.8) is 0 Å². The van der Waals surface area contributed by atoms with E-state index in [9.17, 15) is 24.1 Å². The molecule has 0 radical (unpaired) electrons. The minimum absolute atomic E-state index is 0.0264. The van der Waals surface area contributed by atoms with Crippen LogP contribution in [0, 0.1) is 15.9 Å². The van der Waals surface area contributed by atoms with E-state index in [1.54, 1.807) is 17.7 Å². The first-order chi connectivity index (χ1) is 16.3.